The zero-order valence-electron chi connectivity index (χ0n) is 18.0. The Labute approximate surface area is 191 Å². The van der Waals surface area contributed by atoms with Gasteiger partial charge < -0.3 is 19.0 Å². The number of para-hydroxylation sites is 1. The number of furan rings is 1. The molecule has 0 spiro atoms. The number of aromatic nitrogens is 2. The van der Waals surface area contributed by atoms with Crippen LogP contribution in [0.2, 0.25) is 0 Å². The van der Waals surface area contributed by atoms with Crippen molar-refractivity contribution in [2.75, 3.05) is 5.32 Å². The maximum absolute atomic E-state index is 12.7. The Morgan fingerprint density at radius 1 is 1.15 bits per heavy atom. The Hall–Kier alpha value is -4.31. The van der Waals surface area contributed by atoms with Crippen LogP contribution in [0.25, 0.3) is 11.3 Å². The van der Waals surface area contributed by atoms with E-state index in [1.807, 2.05) is 24.3 Å². The number of carbonyl (C=O) groups excluding carboxylic acids is 1. The Balaban J connectivity index is 1.25. The smallest absolute Gasteiger partial charge is 0.291 e. The van der Waals surface area contributed by atoms with E-state index >= 15 is 0 Å². The second kappa shape index (κ2) is 9.05. The van der Waals surface area contributed by atoms with Crippen molar-refractivity contribution in [2.24, 2.45) is 0 Å². The summed E-state index contributed by atoms with van der Waals surface area (Å²) in [5, 5.41) is 12.0. The molecule has 0 radical (unpaired) electrons. The highest BCUT2D eigenvalue weighted by Gasteiger charge is 2.15. The summed E-state index contributed by atoms with van der Waals surface area (Å²) in [7, 11) is 0. The maximum Gasteiger partial charge on any atom is 0.291 e. The lowest BCUT2D eigenvalue weighted by Gasteiger charge is -2.11. The number of fused-ring (bicyclic) bond motifs is 1. The van der Waals surface area contributed by atoms with E-state index in [-0.39, 0.29) is 18.3 Å². The lowest BCUT2D eigenvalue weighted by molar-refractivity contribution is 0.0992. The van der Waals surface area contributed by atoms with E-state index in [1.54, 1.807) is 36.4 Å². The fraction of sp³-hybridized carbons (Fsp3) is 0.192. The number of nitrogens with one attached hydrogen (secondary N) is 1. The number of hydrogen-bond donors (Lipinski definition) is 1. The molecular weight excluding hydrogens is 416 g/mol. The summed E-state index contributed by atoms with van der Waals surface area (Å²) in [4.78, 5) is 17.5. The van der Waals surface area contributed by atoms with Crippen LogP contribution in [-0.2, 0) is 19.6 Å². The van der Waals surface area contributed by atoms with Gasteiger partial charge in [0.25, 0.3) is 5.91 Å². The summed E-state index contributed by atoms with van der Waals surface area (Å²) in [6.07, 6.45) is 5.44. The number of imidazole rings is 1. The van der Waals surface area contributed by atoms with Crippen molar-refractivity contribution in [1.29, 1.82) is 5.26 Å². The fourth-order valence-corrected chi connectivity index (χ4v) is 3.91. The van der Waals surface area contributed by atoms with E-state index in [4.69, 9.17) is 19.4 Å². The molecule has 0 saturated heterocycles. The number of anilines is 1. The lowest BCUT2D eigenvalue weighted by atomic mass is 10.1. The van der Waals surface area contributed by atoms with Crippen molar-refractivity contribution < 1.29 is 13.9 Å². The van der Waals surface area contributed by atoms with E-state index in [9.17, 15) is 4.79 Å². The molecule has 1 N–H and O–H groups in total. The first-order valence-corrected chi connectivity index (χ1v) is 10.9. The molecule has 2 aromatic carbocycles. The largest absolute Gasteiger partial charge is 0.484 e. The van der Waals surface area contributed by atoms with Crippen LogP contribution in [0, 0.1) is 11.3 Å². The van der Waals surface area contributed by atoms with Crippen molar-refractivity contribution in [3.63, 3.8) is 0 Å². The fourth-order valence-electron chi connectivity index (χ4n) is 3.91. The Morgan fingerprint density at radius 3 is 2.94 bits per heavy atom. The van der Waals surface area contributed by atoms with Gasteiger partial charge in [-0.25, -0.2) is 4.98 Å². The van der Waals surface area contributed by atoms with E-state index in [2.05, 4.69) is 22.1 Å². The Kier molecular flexibility index (Phi) is 5.64. The number of hydrogen-bond acceptors (Lipinski definition) is 5. The Bertz CT molecular complexity index is 1320. The SMILES string of the molecule is N#Cc1ccccc1OCc1ccc(C(=O)Nc2cccc(-c3cn4c(n3)CCCC4)c2)o1. The molecule has 7 nitrogen and oxygen atoms in total. The van der Waals surface area contributed by atoms with Crippen LogP contribution < -0.4 is 10.1 Å². The number of carbonyl (C=O) groups is 1. The topological polar surface area (TPSA) is 93.1 Å². The summed E-state index contributed by atoms with van der Waals surface area (Å²) >= 11 is 0. The van der Waals surface area contributed by atoms with Crippen LogP contribution in [-0.4, -0.2) is 15.5 Å². The lowest BCUT2D eigenvalue weighted by Crippen LogP contribution is -2.10. The van der Waals surface area contributed by atoms with Crippen LogP contribution in [0.4, 0.5) is 5.69 Å². The third kappa shape index (κ3) is 4.51. The molecule has 0 bridgehead atoms. The molecule has 7 heteroatoms. The van der Waals surface area contributed by atoms with Gasteiger partial charge in [0, 0.05) is 30.4 Å². The van der Waals surface area contributed by atoms with Crippen LogP contribution in [0.15, 0.2) is 71.3 Å². The highest BCUT2D eigenvalue weighted by molar-refractivity contribution is 6.02. The van der Waals surface area contributed by atoms with Gasteiger partial charge in [0.1, 0.15) is 30.0 Å². The van der Waals surface area contributed by atoms with Crippen LogP contribution in [0.1, 0.15) is 40.5 Å². The van der Waals surface area contributed by atoms with E-state index in [0.717, 1.165) is 30.0 Å². The van der Waals surface area contributed by atoms with Crippen LogP contribution >= 0.6 is 0 Å². The zero-order valence-corrected chi connectivity index (χ0v) is 18.0. The first kappa shape index (κ1) is 20.6. The molecule has 5 rings (SSSR count). The van der Waals surface area contributed by atoms with Crippen LogP contribution in [0.3, 0.4) is 0 Å². The molecule has 0 unspecified atom stereocenters. The molecule has 0 aliphatic carbocycles. The third-order valence-corrected chi connectivity index (χ3v) is 5.59. The average Bonchev–Trinajstić information content (AvgIpc) is 3.50. The number of benzene rings is 2. The van der Waals surface area contributed by atoms with Crippen molar-refractivity contribution in [3.8, 4) is 23.1 Å². The molecule has 0 saturated carbocycles. The number of rotatable bonds is 6. The van der Waals surface area contributed by atoms with Gasteiger partial charge in [0.05, 0.1) is 11.3 Å². The molecule has 2 aromatic heterocycles. The number of amides is 1. The minimum Gasteiger partial charge on any atom is -0.484 e. The summed E-state index contributed by atoms with van der Waals surface area (Å²) in [5.74, 6) is 1.92. The standard InChI is InChI=1S/C26H22N4O3/c27-15-19-6-1-2-9-23(19)32-17-21-11-12-24(33-21)26(31)28-20-8-5-7-18(14-20)22-16-30-13-4-3-10-25(30)29-22/h1-2,5-9,11-12,14,16H,3-4,10,13,17H2,(H,28,31). The van der Waals surface area contributed by atoms with Gasteiger partial charge in [-0.1, -0.05) is 24.3 Å². The van der Waals surface area contributed by atoms with Crippen molar-refractivity contribution >= 4 is 11.6 Å². The number of nitriles is 1. The second-order valence-corrected chi connectivity index (χ2v) is 7.89. The summed E-state index contributed by atoms with van der Waals surface area (Å²) < 4.78 is 13.5. The van der Waals surface area contributed by atoms with E-state index in [1.165, 1.54) is 12.8 Å². The first-order valence-electron chi connectivity index (χ1n) is 10.9. The summed E-state index contributed by atoms with van der Waals surface area (Å²) in [5.41, 5.74) is 2.98. The predicted octanol–water partition coefficient (Wildman–Crippen LogP) is 5.18. The average molecular weight is 438 g/mol. The molecule has 4 aromatic rings. The number of nitrogens with zero attached hydrogens (tertiary/aromatic N) is 3. The van der Waals surface area contributed by atoms with E-state index in [0.29, 0.717) is 22.8 Å². The molecule has 1 amide bonds. The molecule has 0 atom stereocenters. The van der Waals surface area contributed by atoms with Crippen LogP contribution in [0.5, 0.6) is 5.75 Å². The van der Waals surface area contributed by atoms with Gasteiger partial charge in [-0.05, 0) is 49.2 Å². The highest BCUT2D eigenvalue weighted by Crippen LogP contribution is 2.25. The van der Waals surface area contributed by atoms with Crippen molar-refractivity contribution in [2.45, 2.75) is 32.4 Å². The summed E-state index contributed by atoms with van der Waals surface area (Å²) in [6.45, 7) is 1.12. The number of ether oxygens (including phenoxy) is 1. The molecular formula is C26H22N4O3. The minimum absolute atomic E-state index is 0.118. The normalized spacial score (nSPS) is 12.6. The summed E-state index contributed by atoms with van der Waals surface area (Å²) in [6, 6.07) is 20.0. The monoisotopic (exact) mass is 438 g/mol. The van der Waals surface area contributed by atoms with E-state index < -0.39 is 0 Å². The van der Waals surface area contributed by atoms with Gasteiger partial charge in [-0.3, -0.25) is 4.79 Å². The highest BCUT2D eigenvalue weighted by atomic mass is 16.5. The van der Waals surface area contributed by atoms with Gasteiger partial charge in [0.2, 0.25) is 0 Å². The van der Waals surface area contributed by atoms with Crippen molar-refractivity contribution in [3.05, 3.63) is 89.8 Å². The molecule has 33 heavy (non-hydrogen) atoms. The molecule has 1 aliphatic heterocycles. The second-order valence-electron chi connectivity index (χ2n) is 7.89. The molecule has 3 heterocycles. The number of aryl methyl sites for hydroxylation is 2. The molecule has 0 fully saturated rings. The third-order valence-electron chi connectivity index (χ3n) is 5.59. The zero-order chi connectivity index (χ0) is 22.6. The Morgan fingerprint density at radius 2 is 2.06 bits per heavy atom. The van der Waals surface area contributed by atoms with Gasteiger partial charge in [-0.2, -0.15) is 5.26 Å². The molecule has 164 valence electrons. The maximum atomic E-state index is 12.7. The van der Waals surface area contributed by atoms with Gasteiger partial charge in [-0.15, -0.1) is 0 Å². The minimum atomic E-state index is -0.347. The van der Waals surface area contributed by atoms with Crippen molar-refractivity contribution in [1.82, 2.24) is 9.55 Å². The first-order chi connectivity index (χ1) is 16.2. The van der Waals surface area contributed by atoms with Gasteiger partial charge in [0.15, 0.2) is 5.76 Å². The molecule has 1 aliphatic rings. The quantitative estimate of drug-likeness (QED) is 0.448. The predicted molar refractivity (Wildman–Crippen MR) is 123 cm³/mol. The van der Waals surface area contributed by atoms with Gasteiger partial charge >= 0.3 is 0 Å².